The molecule has 1 amide bonds. The van der Waals surface area contributed by atoms with E-state index in [0.717, 1.165) is 9.90 Å². The van der Waals surface area contributed by atoms with Crippen LogP contribution in [0.5, 0.6) is 0 Å². The van der Waals surface area contributed by atoms with Crippen molar-refractivity contribution in [2.75, 3.05) is 5.75 Å². The molecular formula is C16H17N5O2S3. The summed E-state index contributed by atoms with van der Waals surface area (Å²) in [5, 5.41) is 12.1. The van der Waals surface area contributed by atoms with Gasteiger partial charge >= 0.3 is 0 Å². The highest BCUT2D eigenvalue weighted by Gasteiger charge is 2.12. The molecule has 0 atom stereocenters. The van der Waals surface area contributed by atoms with E-state index in [9.17, 15) is 4.79 Å². The fraction of sp³-hybridized carbons (Fsp3) is 0.312. The van der Waals surface area contributed by atoms with Crippen LogP contribution in [0, 0.1) is 0 Å². The fourth-order valence-electron chi connectivity index (χ4n) is 2.02. The van der Waals surface area contributed by atoms with Crippen LogP contribution in [-0.4, -0.2) is 32.0 Å². The number of carbonyl (C=O) groups is 1. The standard InChI is InChI=1S/C16H17N5O2S3/c1-9(2)10-3-5-11(6-4-10)14-18-13(23-21-14)8-25-16-20-19-15(26-16)24-7-12(17)22/h3-6,9H,7-8H2,1-2H3,(H2,17,22). The van der Waals surface area contributed by atoms with Crippen LogP contribution in [0.4, 0.5) is 0 Å². The number of nitrogens with zero attached hydrogens (tertiary/aromatic N) is 4. The van der Waals surface area contributed by atoms with Gasteiger partial charge in [0.15, 0.2) is 8.68 Å². The molecule has 0 aliphatic heterocycles. The van der Waals surface area contributed by atoms with Crippen LogP contribution < -0.4 is 5.73 Å². The Hall–Kier alpha value is -1.91. The SMILES string of the molecule is CC(C)c1ccc(-c2noc(CSc3nnc(SCC(N)=O)s3)n2)cc1. The van der Waals surface area contributed by atoms with E-state index in [1.54, 1.807) is 0 Å². The van der Waals surface area contributed by atoms with Gasteiger partial charge < -0.3 is 10.3 Å². The summed E-state index contributed by atoms with van der Waals surface area (Å²) in [5.41, 5.74) is 7.32. The molecule has 0 saturated heterocycles. The van der Waals surface area contributed by atoms with Gasteiger partial charge in [-0.05, 0) is 11.5 Å². The zero-order chi connectivity index (χ0) is 18.5. The van der Waals surface area contributed by atoms with Gasteiger partial charge in [0.25, 0.3) is 0 Å². The van der Waals surface area contributed by atoms with Gasteiger partial charge in [-0.25, -0.2) is 0 Å². The number of thioether (sulfide) groups is 2. The van der Waals surface area contributed by atoms with E-state index in [1.807, 2.05) is 12.1 Å². The van der Waals surface area contributed by atoms with Crippen LogP contribution in [0.25, 0.3) is 11.4 Å². The van der Waals surface area contributed by atoms with Crippen LogP contribution >= 0.6 is 34.9 Å². The maximum Gasteiger partial charge on any atom is 0.237 e. The number of benzene rings is 1. The van der Waals surface area contributed by atoms with E-state index >= 15 is 0 Å². The minimum absolute atomic E-state index is 0.196. The average molecular weight is 408 g/mol. The second-order valence-corrected chi connectivity index (χ2v) is 9.09. The van der Waals surface area contributed by atoms with Crippen molar-refractivity contribution in [2.24, 2.45) is 5.73 Å². The smallest absolute Gasteiger partial charge is 0.237 e. The van der Waals surface area contributed by atoms with Gasteiger partial charge in [0.2, 0.25) is 17.6 Å². The summed E-state index contributed by atoms with van der Waals surface area (Å²) >= 11 is 4.15. The largest absolute Gasteiger partial charge is 0.369 e. The third-order valence-electron chi connectivity index (χ3n) is 3.35. The van der Waals surface area contributed by atoms with Gasteiger partial charge in [-0.1, -0.05) is 78.1 Å². The Morgan fingerprint density at radius 2 is 1.88 bits per heavy atom. The molecule has 26 heavy (non-hydrogen) atoms. The van der Waals surface area contributed by atoms with E-state index in [-0.39, 0.29) is 11.7 Å². The molecule has 1 aromatic carbocycles. The first-order chi connectivity index (χ1) is 12.5. The molecule has 0 bridgehead atoms. The lowest BCUT2D eigenvalue weighted by Crippen LogP contribution is -2.12. The lowest BCUT2D eigenvalue weighted by atomic mass is 10.0. The van der Waals surface area contributed by atoms with Crippen molar-refractivity contribution in [1.29, 1.82) is 0 Å². The monoisotopic (exact) mass is 407 g/mol. The van der Waals surface area contributed by atoms with E-state index in [0.29, 0.717) is 27.7 Å². The molecule has 0 saturated carbocycles. The number of hydrogen-bond donors (Lipinski definition) is 1. The van der Waals surface area contributed by atoms with E-state index in [2.05, 4.69) is 46.3 Å². The molecule has 10 heteroatoms. The second kappa shape index (κ2) is 8.65. The van der Waals surface area contributed by atoms with Crippen molar-refractivity contribution in [3.05, 3.63) is 35.7 Å². The maximum absolute atomic E-state index is 10.8. The molecule has 2 N–H and O–H groups in total. The van der Waals surface area contributed by atoms with Gasteiger partial charge in [-0.15, -0.1) is 10.2 Å². The van der Waals surface area contributed by atoms with Crippen LogP contribution in [0.1, 0.15) is 31.2 Å². The molecular weight excluding hydrogens is 390 g/mol. The summed E-state index contributed by atoms with van der Waals surface area (Å²) in [4.78, 5) is 15.2. The maximum atomic E-state index is 10.8. The molecule has 0 aliphatic carbocycles. The third-order valence-corrected chi connectivity index (χ3v) is 6.55. The molecule has 3 aromatic rings. The number of aromatic nitrogens is 4. The van der Waals surface area contributed by atoms with Crippen LogP contribution in [0.2, 0.25) is 0 Å². The third kappa shape index (κ3) is 5.05. The van der Waals surface area contributed by atoms with E-state index in [4.69, 9.17) is 10.3 Å². The Kier molecular flexibility index (Phi) is 6.28. The van der Waals surface area contributed by atoms with E-state index < -0.39 is 0 Å². The van der Waals surface area contributed by atoms with Crippen molar-refractivity contribution >= 4 is 40.8 Å². The predicted octanol–water partition coefficient (Wildman–Crippen LogP) is 3.58. The fourth-order valence-corrected chi connectivity index (χ4v) is 4.61. The Bertz CT molecular complexity index is 876. The Morgan fingerprint density at radius 1 is 1.19 bits per heavy atom. The van der Waals surface area contributed by atoms with Crippen LogP contribution in [-0.2, 0) is 10.5 Å². The summed E-state index contributed by atoms with van der Waals surface area (Å²) in [6.07, 6.45) is 0. The van der Waals surface area contributed by atoms with Gasteiger partial charge in [0, 0.05) is 5.56 Å². The minimum Gasteiger partial charge on any atom is -0.369 e. The number of primary amides is 1. The highest BCUT2D eigenvalue weighted by molar-refractivity contribution is 8.03. The number of hydrogen-bond acceptors (Lipinski definition) is 9. The molecule has 0 radical (unpaired) electrons. The van der Waals surface area contributed by atoms with Gasteiger partial charge in [0.1, 0.15) is 0 Å². The summed E-state index contributed by atoms with van der Waals surface area (Å²) in [5.74, 6) is 1.91. The van der Waals surface area contributed by atoms with Crippen molar-refractivity contribution in [1.82, 2.24) is 20.3 Å². The first-order valence-electron chi connectivity index (χ1n) is 7.81. The molecule has 0 unspecified atom stereocenters. The lowest BCUT2D eigenvalue weighted by Gasteiger charge is -2.04. The number of nitrogens with two attached hydrogens (primary N) is 1. The molecule has 2 heterocycles. The quantitative estimate of drug-likeness (QED) is 0.565. The summed E-state index contributed by atoms with van der Waals surface area (Å²) in [6, 6.07) is 8.17. The topological polar surface area (TPSA) is 108 Å². The Balaban J connectivity index is 1.57. The van der Waals surface area contributed by atoms with Gasteiger partial charge in [-0.3, -0.25) is 4.79 Å². The number of amides is 1. The molecule has 0 spiro atoms. The lowest BCUT2D eigenvalue weighted by molar-refractivity contribution is -0.115. The zero-order valence-electron chi connectivity index (χ0n) is 14.2. The van der Waals surface area contributed by atoms with Crippen LogP contribution in [0.15, 0.2) is 37.5 Å². The molecule has 136 valence electrons. The van der Waals surface area contributed by atoms with Crippen LogP contribution in [0.3, 0.4) is 0 Å². The highest BCUT2D eigenvalue weighted by atomic mass is 32.2. The summed E-state index contributed by atoms with van der Waals surface area (Å²) in [6.45, 7) is 4.31. The molecule has 3 rings (SSSR count). The van der Waals surface area contributed by atoms with Crippen molar-refractivity contribution in [3.8, 4) is 11.4 Å². The van der Waals surface area contributed by atoms with Crippen molar-refractivity contribution in [2.45, 2.75) is 34.2 Å². The minimum atomic E-state index is -0.376. The second-order valence-electron chi connectivity index (χ2n) is 5.67. The molecule has 0 aliphatic rings. The number of carbonyl (C=O) groups excluding carboxylic acids is 1. The Labute approximate surface area is 163 Å². The molecule has 2 aromatic heterocycles. The van der Waals surface area contributed by atoms with Crippen molar-refractivity contribution < 1.29 is 9.32 Å². The van der Waals surface area contributed by atoms with Gasteiger partial charge in [-0.2, -0.15) is 4.98 Å². The predicted molar refractivity (Wildman–Crippen MR) is 103 cm³/mol. The van der Waals surface area contributed by atoms with Gasteiger partial charge in [0.05, 0.1) is 11.5 Å². The normalized spacial score (nSPS) is 11.2. The first-order valence-corrected chi connectivity index (χ1v) is 10.6. The highest BCUT2D eigenvalue weighted by Crippen LogP contribution is 2.30. The van der Waals surface area contributed by atoms with Crippen molar-refractivity contribution in [3.63, 3.8) is 0 Å². The average Bonchev–Trinajstić information content (AvgIpc) is 3.27. The summed E-state index contributed by atoms with van der Waals surface area (Å²) < 4.78 is 6.80. The first kappa shape index (κ1) is 18.9. The van der Waals surface area contributed by atoms with E-state index in [1.165, 1.54) is 40.4 Å². The molecule has 7 nitrogen and oxygen atoms in total. The summed E-state index contributed by atoms with van der Waals surface area (Å²) in [7, 11) is 0. The molecule has 0 fully saturated rings. The Morgan fingerprint density at radius 3 is 2.54 bits per heavy atom. The zero-order valence-corrected chi connectivity index (χ0v) is 16.7. The number of rotatable bonds is 8.